The van der Waals surface area contributed by atoms with Crippen molar-refractivity contribution in [3.63, 3.8) is 0 Å². The third kappa shape index (κ3) is 2.78. The van der Waals surface area contributed by atoms with Crippen LogP contribution >= 0.6 is 11.6 Å². The van der Waals surface area contributed by atoms with Crippen LogP contribution < -0.4 is 0 Å². The minimum absolute atomic E-state index is 0.181. The van der Waals surface area contributed by atoms with Crippen molar-refractivity contribution in [2.45, 2.75) is 31.6 Å². The van der Waals surface area contributed by atoms with Crippen LogP contribution in [0.1, 0.15) is 32.4 Å². The first kappa shape index (κ1) is 14.8. The Morgan fingerprint density at radius 3 is 2.44 bits per heavy atom. The summed E-state index contributed by atoms with van der Waals surface area (Å²) in [5, 5.41) is 10.7. The van der Waals surface area contributed by atoms with Gasteiger partial charge >= 0.3 is 0 Å². The molecule has 0 atom stereocenters. The van der Waals surface area contributed by atoms with E-state index in [9.17, 15) is 18.5 Å². The number of sulfone groups is 1. The SMILES string of the molecule is CCS(=O)(=O)c1cc([N+](=O)[O-])c(C(C)C)nc1Cl. The Morgan fingerprint density at radius 2 is 2.06 bits per heavy atom. The van der Waals surface area contributed by atoms with Gasteiger partial charge in [0.25, 0.3) is 5.69 Å². The maximum atomic E-state index is 11.7. The Morgan fingerprint density at radius 1 is 1.50 bits per heavy atom. The molecule has 0 fully saturated rings. The number of pyridine rings is 1. The van der Waals surface area contributed by atoms with Crippen LogP contribution in [0.15, 0.2) is 11.0 Å². The summed E-state index contributed by atoms with van der Waals surface area (Å²) in [6, 6.07) is 0.990. The number of aromatic nitrogens is 1. The number of halogens is 1. The van der Waals surface area contributed by atoms with Gasteiger partial charge < -0.3 is 0 Å². The molecule has 1 aromatic rings. The Labute approximate surface area is 110 Å². The van der Waals surface area contributed by atoms with E-state index in [0.717, 1.165) is 6.07 Å². The van der Waals surface area contributed by atoms with Crippen molar-refractivity contribution >= 4 is 27.1 Å². The van der Waals surface area contributed by atoms with E-state index in [4.69, 9.17) is 11.6 Å². The highest BCUT2D eigenvalue weighted by molar-refractivity contribution is 7.91. The normalized spacial score (nSPS) is 11.8. The van der Waals surface area contributed by atoms with Gasteiger partial charge in [-0.2, -0.15) is 0 Å². The summed E-state index contributed by atoms with van der Waals surface area (Å²) in [6.45, 7) is 4.88. The van der Waals surface area contributed by atoms with Crippen molar-refractivity contribution in [1.29, 1.82) is 0 Å². The van der Waals surface area contributed by atoms with Crippen LogP contribution in [0.4, 0.5) is 5.69 Å². The van der Waals surface area contributed by atoms with E-state index in [1.54, 1.807) is 13.8 Å². The van der Waals surface area contributed by atoms with Crippen LogP contribution in [0, 0.1) is 10.1 Å². The lowest BCUT2D eigenvalue weighted by Crippen LogP contribution is -2.09. The van der Waals surface area contributed by atoms with E-state index in [1.807, 2.05) is 0 Å². The van der Waals surface area contributed by atoms with Crippen LogP contribution in [0.3, 0.4) is 0 Å². The molecular weight excluding hydrogens is 280 g/mol. The quantitative estimate of drug-likeness (QED) is 0.483. The molecule has 1 aromatic heterocycles. The Bertz CT molecular complexity index is 584. The summed E-state index contributed by atoms with van der Waals surface area (Å²) in [5.41, 5.74) is -0.138. The van der Waals surface area contributed by atoms with Crippen LogP contribution in [0.2, 0.25) is 5.15 Å². The maximum absolute atomic E-state index is 11.7. The van der Waals surface area contributed by atoms with Gasteiger partial charge in [0, 0.05) is 12.0 Å². The van der Waals surface area contributed by atoms with Crippen molar-refractivity contribution in [2.24, 2.45) is 0 Å². The minimum atomic E-state index is -3.63. The smallest absolute Gasteiger partial charge is 0.258 e. The first-order chi connectivity index (χ1) is 8.20. The number of rotatable bonds is 4. The van der Waals surface area contributed by atoms with Crippen molar-refractivity contribution in [3.8, 4) is 0 Å². The molecule has 0 saturated heterocycles. The molecule has 0 N–H and O–H groups in total. The lowest BCUT2D eigenvalue weighted by atomic mass is 10.1. The molecule has 18 heavy (non-hydrogen) atoms. The second-order valence-corrected chi connectivity index (χ2v) is 6.60. The summed E-state index contributed by atoms with van der Waals surface area (Å²) < 4.78 is 23.5. The van der Waals surface area contributed by atoms with Gasteiger partial charge in [-0.15, -0.1) is 0 Å². The molecule has 0 unspecified atom stereocenters. The number of hydrogen-bond acceptors (Lipinski definition) is 5. The molecular formula is C10H13ClN2O4S. The topological polar surface area (TPSA) is 90.2 Å². The van der Waals surface area contributed by atoms with Gasteiger partial charge in [-0.05, 0) is 0 Å². The minimum Gasteiger partial charge on any atom is -0.258 e. The highest BCUT2D eigenvalue weighted by atomic mass is 35.5. The number of hydrogen-bond donors (Lipinski definition) is 0. The van der Waals surface area contributed by atoms with Gasteiger partial charge in [-0.3, -0.25) is 10.1 Å². The third-order valence-corrected chi connectivity index (χ3v) is 4.55. The van der Waals surface area contributed by atoms with Gasteiger partial charge in [0.05, 0.1) is 10.7 Å². The van der Waals surface area contributed by atoms with Gasteiger partial charge in [0.1, 0.15) is 15.7 Å². The van der Waals surface area contributed by atoms with Crippen LogP contribution in [-0.2, 0) is 9.84 Å². The van der Waals surface area contributed by atoms with E-state index in [2.05, 4.69) is 4.98 Å². The van der Waals surface area contributed by atoms with E-state index >= 15 is 0 Å². The Balaban J connectivity index is 3.61. The molecule has 6 nitrogen and oxygen atoms in total. The van der Waals surface area contributed by atoms with E-state index in [0.29, 0.717) is 0 Å². The summed E-state index contributed by atoms with van der Waals surface area (Å²) in [7, 11) is -3.63. The molecule has 1 rings (SSSR count). The fourth-order valence-electron chi connectivity index (χ4n) is 1.42. The lowest BCUT2D eigenvalue weighted by molar-refractivity contribution is -0.386. The first-order valence-electron chi connectivity index (χ1n) is 5.28. The van der Waals surface area contributed by atoms with E-state index in [-0.39, 0.29) is 33.1 Å². The van der Waals surface area contributed by atoms with Crippen LogP contribution in [-0.4, -0.2) is 24.1 Å². The second-order valence-electron chi connectivity index (χ2n) is 4.00. The monoisotopic (exact) mass is 292 g/mol. The molecule has 0 spiro atoms. The maximum Gasteiger partial charge on any atom is 0.292 e. The van der Waals surface area contributed by atoms with E-state index in [1.165, 1.54) is 6.92 Å². The zero-order chi connectivity index (χ0) is 14.1. The average molecular weight is 293 g/mol. The summed E-state index contributed by atoms with van der Waals surface area (Å²) in [4.78, 5) is 13.9. The van der Waals surface area contributed by atoms with Crippen molar-refractivity contribution < 1.29 is 13.3 Å². The number of nitro groups is 1. The van der Waals surface area contributed by atoms with Gasteiger partial charge in [0.2, 0.25) is 0 Å². The fourth-order valence-corrected chi connectivity index (χ4v) is 2.82. The van der Waals surface area contributed by atoms with Gasteiger partial charge in [0.15, 0.2) is 9.84 Å². The molecule has 0 amide bonds. The molecule has 100 valence electrons. The molecule has 0 aliphatic heterocycles. The van der Waals surface area contributed by atoms with Crippen molar-refractivity contribution in [3.05, 3.63) is 27.0 Å². The molecule has 0 aromatic carbocycles. The third-order valence-electron chi connectivity index (χ3n) is 2.41. The first-order valence-corrected chi connectivity index (χ1v) is 7.31. The summed E-state index contributed by atoms with van der Waals surface area (Å²) in [5.74, 6) is -0.409. The lowest BCUT2D eigenvalue weighted by Gasteiger charge is -2.09. The molecule has 0 saturated carbocycles. The predicted molar refractivity (Wildman–Crippen MR) is 67.7 cm³/mol. The van der Waals surface area contributed by atoms with E-state index < -0.39 is 14.8 Å². The highest BCUT2D eigenvalue weighted by Gasteiger charge is 2.26. The van der Waals surface area contributed by atoms with Crippen molar-refractivity contribution in [1.82, 2.24) is 4.98 Å². The largest absolute Gasteiger partial charge is 0.292 e. The molecule has 0 aliphatic carbocycles. The molecule has 0 aliphatic rings. The standard InChI is InChI=1S/C10H13ClN2O4S/c1-4-18(16,17)8-5-7(13(14)15)9(6(2)3)12-10(8)11/h5-6H,4H2,1-3H3. The van der Waals surface area contributed by atoms with Crippen LogP contribution in [0.5, 0.6) is 0 Å². The zero-order valence-corrected chi connectivity index (χ0v) is 11.7. The molecule has 0 bridgehead atoms. The highest BCUT2D eigenvalue weighted by Crippen LogP contribution is 2.31. The number of nitrogens with zero attached hydrogens (tertiary/aromatic N) is 2. The van der Waals surface area contributed by atoms with Crippen molar-refractivity contribution in [2.75, 3.05) is 5.75 Å². The average Bonchev–Trinajstić information content (AvgIpc) is 2.27. The molecule has 8 heteroatoms. The fraction of sp³-hybridized carbons (Fsp3) is 0.500. The Hall–Kier alpha value is -1.21. The summed E-state index contributed by atoms with van der Waals surface area (Å²) in [6.07, 6.45) is 0. The molecule has 1 heterocycles. The second kappa shape index (κ2) is 5.19. The summed E-state index contributed by atoms with van der Waals surface area (Å²) >= 11 is 5.80. The van der Waals surface area contributed by atoms with Gasteiger partial charge in [-0.25, -0.2) is 13.4 Å². The zero-order valence-electron chi connectivity index (χ0n) is 10.2. The predicted octanol–water partition coefficient (Wildman–Crippen LogP) is 2.56. The molecule has 0 radical (unpaired) electrons. The van der Waals surface area contributed by atoms with Gasteiger partial charge in [-0.1, -0.05) is 32.4 Å². The Kier molecular flexibility index (Phi) is 4.28. The van der Waals surface area contributed by atoms with Crippen LogP contribution in [0.25, 0.3) is 0 Å².